The van der Waals surface area contributed by atoms with Crippen LogP contribution in [0.1, 0.15) is 38.8 Å². The Morgan fingerprint density at radius 1 is 0.587 bits per heavy atom. The maximum Gasteiger partial charge on any atom is 0.215 e. The van der Waals surface area contributed by atoms with Crippen LogP contribution in [0.3, 0.4) is 0 Å². The SMILES string of the molecule is CC1(C)C(=CC=CC=CC=CC2=[N+](c3ccccc3)c3ccccc3C2(C)C)N(c2ccccc2)c2ccccc21.[O-][Cl+3]([O-])([O-])[O-]. The summed E-state index contributed by atoms with van der Waals surface area (Å²) < 4.78 is 36.4. The highest BCUT2D eigenvalue weighted by Gasteiger charge is 2.45. The molecule has 7 heteroatoms. The number of hydrogen-bond donors (Lipinski definition) is 0. The van der Waals surface area contributed by atoms with Gasteiger partial charge in [0.25, 0.3) is 0 Å². The van der Waals surface area contributed by atoms with Crippen molar-refractivity contribution < 1.29 is 28.9 Å². The van der Waals surface area contributed by atoms with Crippen molar-refractivity contribution in [2.45, 2.75) is 38.5 Å². The molecule has 0 N–H and O–H groups in total. The Labute approximate surface area is 273 Å². The largest absolute Gasteiger partial charge is 0.313 e. The van der Waals surface area contributed by atoms with Crippen LogP contribution in [0.25, 0.3) is 0 Å². The topological polar surface area (TPSA) is 98.5 Å². The molecule has 0 aromatic heterocycles. The molecule has 6 rings (SSSR count). The summed E-state index contributed by atoms with van der Waals surface area (Å²) in [5.74, 6) is 0. The lowest BCUT2D eigenvalue weighted by Crippen LogP contribution is -2.68. The number of rotatable bonds is 6. The second-order valence-electron chi connectivity index (χ2n) is 12.1. The molecule has 4 aromatic rings. The van der Waals surface area contributed by atoms with E-state index < -0.39 is 10.2 Å². The summed E-state index contributed by atoms with van der Waals surface area (Å²) in [4.78, 5) is 2.39. The van der Waals surface area contributed by atoms with Crippen LogP contribution in [0.4, 0.5) is 22.7 Å². The Morgan fingerprint density at radius 3 is 1.78 bits per heavy atom. The summed E-state index contributed by atoms with van der Waals surface area (Å²) in [5.41, 5.74) is 9.91. The van der Waals surface area contributed by atoms with Crippen LogP contribution in [-0.2, 0) is 10.8 Å². The molecule has 2 heterocycles. The number of fused-ring (bicyclic) bond motifs is 2. The highest BCUT2D eigenvalue weighted by Crippen LogP contribution is 2.51. The van der Waals surface area contributed by atoms with Gasteiger partial charge in [-0.05, 0) is 43.7 Å². The third-order valence-electron chi connectivity index (χ3n) is 8.38. The zero-order chi connectivity index (χ0) is 33.0. The lowest BCUT2D eigenvalue weighted by Gasteiger charge is -2.27. The summed E-state index contributed by atoms with van der Waals surface area (Å²) in [7, 11) is -4.94. The quantitative estimate of drug-likeness (QED) is 0.216. The van der Waals surface area contributed by atoms with Crippen molar-refractivity contribution in [1.29, 1.82) is 0 Å². The maximum atomic E-state index is 8.49. The van der Waals surface area contributed by atoms with Crippen LogP contribution < -0.4 is 28.1 Å². The molecule has 0 radical (unpaired) electrons. The first-order valence-corrected chi connectivity index (χ1v) is 16.2. The van der Waals surface area contributed by atoms with Gasteiger partial charge in [0.1, 0.15) is 0 Å². The molecule has 0 spiro atoms. The third-order valence-corrected chi connectivity index (χ3v) is 8.38. The van der Waals surface area contributed by atoms with E-state index in [0.717, 1.165) is 0 Å². The van der Waals surface area contributed by atoms with Crippen molar-refractivity contribution in [2.75, 3.05) is 4.90 Å². The van der Waals surface area contributed by atoms with E-state index in [1.165, 1.54) is 45.3 Å². The van der Waals surface area contributed by atoms with Crippen LogP contribution in [0.5, 0.6) is 0 Å². The molecular formula is C39H37ClN2O4. The van der Waals surface area contributed by atoms with Crippen molar-refractivity contribution in [1.82, 2.24) is 4.58 Å². The molecular weight excluding hydrogens is 596 g/mol. The first-order chi connectivity index (χ1) is 21.9. The molecule has 0 saturated carbocycles. The summed E-state index contributed by atoms with van der Waals surface area (Å²) in [6.07, 6.45) is 15.2. The Kier molecular flexibility index (Phi) is 9.58. The van der Waals surface area contributed by atoms with E-state index in [0.29, 0.717) is 0 Å². The number of hydrogen-bond acceptors (Lipinski definition) is 5. The van der Waals surface area contributed by atoms with E-state index in [1.54, 1.807) is 0 Å². The predicted octanol–water partition coefficient (Wildman–Crippen LogP) is 5.18. The minimum absolute atomic E-state index is 0.0962. The van der Waals surface area contributed by atoms with E-state index in [4.69, 9.17) is 18.6 Å². The smallest absolute Gasteiger partial charge is 0.215 e. The van der Waals surface area contributed by atoms with Crippen LogP contribution in [-0.4, -0.2) is 5.71 Å². The zero-order valence-electron chi connectivity index (χ0n) is 26.3. The van der Waals surface area contributed by atoms with Gasteiger partial charge in [0.2, 0.25) is 11.4 Å². The van der Waals surface area contributed by atoms with E-state index in [-0.39, 0.29) is 10.8 Å². The number of para-hydroxylation sites is 4. The van der Waals surface area contributed by atoms with Crippen LogP contribution >= 0.6 is 0 Å². The number of anilines is 2. The Bertz CT molecular complexity index is 1830. The number of halogens is 1. The van der Waals surface area contributed by atoms with Gasteiger partial charge in [-0.15, -0.1) is 10.2 Å². The highest BCUT2D eigenvalue weighted by atomic mass is 35.7. The van der Waals surface area contributed by atoms with E-state index >= 15 is 0 Å². The molecule has 0 fully saturated rings. The number of benzene rings is 4. The molecule has 46 heavy (non-hydrogen) atoms. The van der Waals surface area contributed by atoms with Crippen molar-refractivity contribution in [3.05, 3.63) is 169 Å². The van der Waals surface area contributed by atoms with Crippen molar-refractivity contribution in [2.24, 2.45) is 0 Å². The summed E-state index contributed by atoms with van der Waals surface area (Å²) >= 11 is 0. The van der Waals surface area contributed by atoms with Gasteiger partial charge in [-0.1, -0.05) is 117 Å². The molecule has 6 nitrogen and oxygen atoms in total. The Morgan fingerprint density at radius 2 is 1.11 bits per heavy atom. The molecule has 0 amide bonds. The summed E-state index contributed by atoms with van der Waals surface area (Å²) in [6.45, 7) is 9.24. The van der Waals surface area contributed by atoms with Crippen LogP contribution in [0.15, 0.2) is 157 Å². The third kappa shape index (κ3) is 6.97. The van der Waals surface area contributed by atoms with Gasteiger partial charge in [-0.3, -0.25) is 0 Å². The lowest BCUT2D eigenvalue weighted by molar-refractivity contribution is -2.00. The molecule has 2 aliphatic rings. The highest BCUT2D eigenvalue weighted by molar-refractivity contribution is 6.10. The van der Waals surface area contributed by atoms with Crippen molar-refractivity contribution in [3.63, 3.8) is 0 Å². The molecule has 2 aliphatic heterocycles. The molecule has 0 unspecified atom stereocenters. The summed E-state index contributed by atoms with van der Waals surface area (Å²) in [5, 5.41) is 0. The number of nitrogens with zero attached hydrogens (tertiary/aromatic N) is 2. The average Bonchev–Trinajstić information content (AvgIpc) is 3.39. The zero-order valence-corrected chi connectivity index (χ0v) is 27.1. The summed E-state index contributed by atoms with van der Waals surface area (Å²) in [6, 6.07) is 38.7. The van der Waals surface area contributed by atoms with Crippen molar-refractivity contribution >= 4 is 28.5 Å². The normalized spacial score (nSPS) is 17.6. The van der Waals surface area contributed by atoms with Gasteiger partial charge in [-0.2, -0.15) is 4.58 Å². The Balaban J connectivity index is 0.000000775. The minimum Gasteiger partial charge on any atom is -0.313 e. The molecule has 234 valence electrons. The lowest BCUT2D eigenvalue weighted by atomic mass is 9.81. The Hall–Kier alpha value is -4.56. The maximum absolute atomic E-state index is 8.49. The van der Waals surface area contributed by atoms with E-state index in [1.807, 2.05) is 0 Å². The fraction of sp³-hybridized carbons (Fsp3) is 0.154. The van der Waals surface area contributed by atoms with Gasteiger partial charge in [-0.25, -0.2) is 18.6 Å². The van der Waals surface area contributed by atoms with Gasteiger partial charge in [0, 0.05) is 52.3 Å². The van der Waals surface area contributed by atoms with Crippen LogP contribution in [0, 0.1) is 10.2 Å². The first kappa shape index (κ1) is 32.8. The van der Waals surface area contributed by atoms with Gasteiger partial charge in [0.15, 0.2) is 5.71 Å². The van der Waals surface area contributed by atoms with E-state index in [2.05, 4.69) is 189 Å². The molecule has 0 saturated heterocycles. The second-order valence-corrected chi connectivity index (χ2v) is 12.8. The van der Waals surface area contributed by atoms with Crippen LogP contribution in [0.2, 0.25) is 0 Å². The number of allylic oxidation sites excluding steroid dienone is 8. The molecule has 4 aromatic carbocycles. The standard InChI is InChI=1S/C39H37N2.ClHO4/c1-38(2)32-24-16-18-26-34(32)40(30-20-10-8-11-21-30)36(38)28-14-6-5-7-15-29-37-39(3,4)33-25-17-19-27-35(33)41(37)31-22-12-9-13-23-31;2-1(3,4)5/h5-29H,1-4H3;(H,2,3,4,5)/q+1;/p-1. The minimum atomic E-state index is -4.94. The fourth-order valence-electron chi connectivity index (χ4n) is 6.25. The van der Waals surface area contributed by atoms with E-state index in [9.17, 15) is 0 Å². The second kappa shape index (κ2) is 13.4. The van der Waals surface area contributed by atoms with Gasteiger partial charge in [0.05, 0.1) is 5.41 Å². The average molecular weight is 633 g/mol. The first-order valence-electron chi connectivity index (χ1n) is 15.0. The molecule has 0 atom stereocenters. The fourth-order valence-corrected chi connectivity index (χ4v) is 6.25. The predicted molar refractivity (Wildman–Crippen MR) is 176 cm³/mol. The molecule has 0 aliphatic carbocycles. The monoisotopic (exact) mass is 632 g/mol. The van der Waals surface area contributed by atoms with Gasteiger partial charge >= 0.3 is 0 Å². The van der Waals surface area contributed by atoms with Gasteiger partial charge < -0.3 is 4.90 Å². The van der Waals surface area contributed by atoms with Crippen molar-refractivity contribution in [3.8, 4) is 0 Å². The molecule has 0 bridgehead atoms.